The zero-order valence-electron chi connectivity index (χ0n) is 9.83. The van der Waals surface area contributed by atoms with Crippen molar-refractivity contribution in [1.82, 2.24) is 0 Å². The number of aliphatic hydroxyl groups excluding tert-OH is 1. The summed E-state index contributed by atoms with van der Waals surface area (Å²) < 4.78 is 10.2. The Kier molecular flexibility index (Phi) is 5.13. The third-order valence-corrected chi connectivity index (χ3v) is 2.36. The molecule has 0 saturated heterocycles. The van der Waals surface area contributed by atoms with E-state index < -0.39 is 6.10 Å². The maximum absolute atomic E-state index is 9.85. The summed E-state index contributed by atoms with van der Waals surface area (Å²) in [4.78, 5) is 2.63. The zero-order chi connectivity index (χ0) is 12.7. The number of benzene rings is 1. The lowest BCUT2D eigenvalue weighted by molar-refractivity contribution is 0.170. The normalized spacial score (nSPS) is 11.5. The summed E-state index contributed by atoms with van der Waals surface area (Å²) in [6.07, 6.45) is -0.306. The summed E-state index contributed by atoms with van der Waals surface area (Å²) in [6.45, 7) is 0.256. The van der Waals surface area contributed by atoms with Crippen LogP contribution < -0.4 is 9.47 Å². The molecular weight excluding hydrogens is 222 g/mol. The lowest BCUT2D eigenvalue weighted by Gasteiger charge is -2.13. The van der Waals surface area contributed by atoms with Crippen LogP contribution in [0.5, 0.6) is 11.5 Å². The number of aliphatic hydroxyl groups is 1. The number of hydrogen-bond donors (Lipinski definition) is 1. The van der Waals surface area contributed by atoms with E-state index in [0.29, 0.717) is 23.5 Å². The first kappa shape index (κ1) is 13.2. The minimum absolute atomic E-state index is 0.256. The molecule has 17 heavy (non-hydrogen) atoms. The molecule has 0 amide bonds. The number of methoxy groups -OCH3 is 2. The molecule has 0 aliphatic carbocycles. The van der Waals surface area contributed by atoms with Crippen LogP contribution >= 0.6 is 0 Å². The largest absolute Gasteiger partial charge is 0.493 e. The quantitative estimate of drug-likeness (QED) is 0.468. The SMILES string of the molecule is COc1ccc(C(O)CCN=[N+]=[N-])cc1OC. The molecule has 1 aromatic rings. The van der Waals surface area contributed by atoms with Crippen LogP contribution in [0.4, 0.5) is 0 Å². The third kappa shape index (κ3) is 3.55. The Morgan fingerprint density at radius 2 is 2.06 bits per heavy atom. The smallest absolute Gasteiger partial charge is 0.161 e. The van der Waals surface area contributed by atoms with Crippen LogP contribution in [-0.4, -0.2) is 25.9 Å². The van der Waals surface area contributed by atoms with Crippen LogP contribution in [0.1, 0.15) is 18.1 Å². The van der Waals surface area contributed by atoms with Gasteiger partial charge in [0.1, 0.15) is 0 Å². The molecule has 92 valence electrons. The highest BCUT2D eigenvalue weighted by Crippen LogP contribution is 2.30. The third-order valence-electron chi connectivity index (χ3n) is 2.36. The number of hydrogen-bond acceptors (Lipinski definition) is 4. The molecule has 0 saturated carbocycles. The zero-order valence-corrected chi connectivity index (χ0v) is 9.83. The predicted octanol–water partition coefficient (Wildman–Crippen LogP) is 2.44. The van der Waals surface area contributed by atoms with E-state index in [9.17, 15) is 5.11 Å². The molecule has 1 N–H and O–H groups in total. The maximum atomic E-state index is 9.85. The standard InChI is InChI=1S/C11H15N3O3/c1-16-10-4-3-8(7-11(10)17-2)9(15)5-6-13-14-12/h3-4,7,9,15H,5-6H2,1-2H3. The van der Waals surface area contributed by atoms with Crippen molar-refractivity contribution >= 4 is 0 Å². The van der Waals surface area contributed by atoms with E-state index in [0.717, 1.165) is 0 Å². The molecule has 0 heterocycles. The van der Waals surface area contributed by atoms with Crippen LogP contribution in [0.15, 0.2) is 23.3 Å². The van der Waals surface area contributed by atoms with E-state index in [1.54, 1.807) is 25.3 Å². The minimum Gasteiger partial charge on any atom is -0.493 e. The molecule has 0 radical (unpaired) electrons. The van der Waals surface area contributed by atoms with Gasteiger partial charge in [0.15, 0.2) is 11.5 Å². The average molecular weight is 237 g/mol. The summed E-state index contributed by atoms with van der Waals surface area (Å²) in [5.74, 6) is 1.17. The summed E-state index contributed by atoms with van der Waals surface area (Å²) in [5, 5.41) is 13.2. The van der Waals surface area contributed by atoms with Gasteiger partial charge in [-0.3, -0.25) is 0 Å². The van der Waals surface area contributed by atoms with E-state index >= 15 is 0 Å². The Hall–Kier alpha value is -1.91. The van der Waals surface area contributed by atoms with Gasteiger partial charge in [-0.05, 0) is 29.6 Å². The van der Waals surface area contributed by atoms with Crippen molar-refractivity contribution in [3.63, 3.8) is 0 Å². The van der Waals surface area contributed by atoms with Crippen LogP contribution in [-0.2, 0) is 0 Å². The van der Waals surface area contributed by atoms with Crippen molar-refractivity contribution in [3.8, 4) is 11.5 Å². The molecule has 6 nitrogen and oxygen atoms in total. The molecule has 1 aromatic carbocycles. The van der Waals surface area contributed by atoms with Gasteiger partial charge in [-0.1, -0.05) is 11.2 Å². The summed E-state index contributed by atoms with van der Waals surface area (Å²) in [5.41, 5.74) is 8.84. The maximum Gasteiger partial charge on any atom is 0.161 e. The fraction of sp³-hybridized carbons (Fsp3) is 0.455. The first-order valence-corrected chi connectivity index (χ1v) is 5.13. The molecule has 1 rings (SSSR count). The van der Waals surface area contributed by atoms with Crippen molar-refractivity contribution in [3.05, 3.63) is 34.2 Å². The fourth-order valence-electron chi connectivity index (χ4n) is 1.45. The van der Waals surface area contributed by atoms with Gasteiger partial charge < -0.3 is 14.6 Å². The van der Waals surface area contributed by atoms with E-state index in [1.807, 2.05) is 0 Å². The van der Waals surface area contributed by atoms with E-state index in [-0.39, 0.29) is 6.54 Å². The molecule has 1 unspecified atom stereocenters. The van der Waals surface area contributed by atoms with E-state index in [4.69, 9.17) is 15.0 Å². The second kappa shape index (κ2) is 6.62. The van der Waals surface area contributed by atoms with Crippen LogP contribution in [0.3, 0.4) is 0 Å². The summed E-state index contributed by atoms with van der Waals surface area (Å²) >= 11 is 0. The number of ether oxygens (including phenoxy) is 2. The van der Waals surface area contributed by atoms with E-state index in [1.165, 1.54) is 7.11 Å². The van der Waals surface area contributed by atoms with Crippen molar-refractivity contribution in [1.29, 1.82) is 0 Å². The van der Waals surface area contributed by atoms with Gasteiger partial charge in [0, 0.05) is 11.5 Å². The molecule has 0 spiro atoms. The predicted molar refractivity (Wildman–Crippen MR) is 63.1 cm³/mol. The second-order valence-corrected chi connectivity index (χ2v) is 3.37. The highest BCUT2D eigenvalue weighted by atomic mass is 16.5. The van der Waals surface area contributed by atoms with Crippen molar-refractivity contribution in [2.45, 2.75) is 12.5 Å². The molecule has 0 aromatic heterocycles. The molecule has 0 fully saturated rings. The van der Waals surface area contributed by atoms with Gasteiger partial charge in [0.2, 0.25) is 0 Å². The second-order valence-electron chi connectivity index (χ2n) is 3.37. The fourth-order valence-corrected chi connectivity index (χ4v) is 1.45. The topological polar surface area (TPSA) is 87.5 Å². The van der Waals surface area contributed by atoms with Gasteiger partial charge in [-0.2, -0.15) is 0 Å². The average Bonchev–Trinajstić information content (AvgIpc) is 2.38. The first-order valence-electron chi connectivity index (χ1n) is 5.13. The Balaban J connectivity index is 2.80. The van der Waals surface area contributed by atoms with Crippen LogP contribution in [0.2, 0.25) is 0 Å². The van der Waals surface area contributed by atoms with Crippen molar-refractivity contribution in [2.24, 2.45) is 5.11 Å². The Bertz CT molecular complexity index is 416. The van der Waals surface area contributed by atoms with Crippen LogP contribution in [0.25, 0.3) is 10.4 Å². The number of azide groups is 1. The first-order chi connectivity index (χ1) is 8.22. The Labute approximate surface area is 99.4 Å². The van der Waals surface area contributed by atoms with Gasteiger partial charge >= 0.3 is 0 Å². The summed E-state index contributed by atoms with van der Waals surface area (Å²) in [7, 11) is 3.09. The van der Waals surface area contributed by atoms with Crippen molar-refractivity contribution < 1.29 is 14.6 Å². The van der Waals surface area contributed by atoms with Gasteiger partial charge in [0.05, 0.1) is 20.3 Å². The molecule has 0 bridgehead atoms. The lowest BCUT2D eigenvalue weighted by Crippen LogP contribution is -2.00. The Morgan fingerprint density at radius 1 is 1.35 bits per heavy atom. The van der Waals surface area contributed by atoms with Crippen molar-refractivity contribution in [2.75, 3.05) is 20.8 Å². The van der Waals surface area contributed by atoms with Crippen LogP contribution in [0, 0.1) is 0 Å². The molecule has 0 aliphatic rings. The molecule has 6 heteroatoms. The highest BCUT2D eigenvalue weighted by molar-refractivity contribution is 5.43. The Morgan fingerprint density at radius 3 is 2.65 bits per heavy atom. The molecule has 0 aliphatic heterocycles. The van der Waals surface area contributed by atoms with Gasteiger partial charge in [-0.25, -0.2) is 0 Å². The minimum atomic E-state index is -0.680. The molecular formula is C11H15N3O3. The van der Waals surface area contributed by atoms with E-state index in [2.05, 4.69) is 10.0 Å². The number of nitrogens with zero attached hydrogens (tertiary/aromatic N) is 3. The van der Waals surface area contributed by atoms with Gasteiger partial charge in [0.25, 0.3) is 0 Å². The molecule has 1 atom stereocenters. The lowest BCUT2D eigenvalue weighted by atomic mass is 10.1. The highest BCUT2D eigenvalue weighted by Gasteiger charge is 2.10. The monoisotopic (exact) mass is 237 g/mol. The summed E-state index contributed by atoms with van der Waals surface area (Å²) in [6, 6.07) is 5.19. The number of rotatable bonds is 6. The van der Waals surface area contributed by atoms with Gasteiger partial charge in [-0.15, -0.1) is 0 Å².